The Hall–Kier alpha value is -2.25. The number of nitriles is 1. The lowest BCUT2D eigenvalue weighted by Gasteiger charge is -2.36. The Morgan fingerprint density at radius 3 is 2.38 bits per heavy atom. The summed E-state index contributed by atoms with van der Waals surface area (Å²) in [6, 6.07) is 15.1. The minimum Gasteiger partial charge on any atom is -0.361 e. The number of halogens is 3. The average Bonchev–Trinajstić information content (AvgIpc) is 2.67. The molecule has 2 aromatic carbocycles. The Balaban J connectivity index is 1.80. The maximum Gasteiger partial charge on any atom is 0.162 e. The highest BCUT2D eigenvalue weighted by molar-refractivity contribution is 6.35. The standard InChI is InChI=1S/C23H17Cl3N2O/c1-12-18(11-27)22(17-7-6-16(25)10-19(17)26)23-20(28-12)8-14(9-21(23)29)13-2-4-15(24)5-3-13/h2-7,10,14,22,28H,8-9H2,1H3/t14-,22-/m0/s1. The SMILES string of the molecule is CC1=C(C#N)[C@H](c2ccc(Cl)cc2Cl)C2=C(C[C@H](c3ccc(Cl)cc3)CC2=O)N1. The first kappa shape index (κ1) is 20.0. The zero-order valence-corrected chi connectivity index (χ0v) is 17.9. The molecule has 2 atom stereocenters. The van der Waals surface area contributed by atoms with Crippen LogP contribution in [0, 0.1) is 11.3 Å². The number of Topliss-reactive ketones (excluding diaryl/α,β-unsaturated/α-hetero) is 1. The summed E-state index contributed by atoms with van der Waals surface area (Å²) in [7, 11) is 0. The summed E-state index contributed by atoms with van der Waals surface area (Å²) in [5.74, 6) is -0.404. The third-order valence-electron chi connectivity index (χ3n) is 5.56. The monoisotopic (exact) mass is 442 g/mol. The van der Waals surface area contributed by atoms with Gasteiger partial charge in [0, 0.05) is 38.5 Å². The molecule has 0 saturated carbocycles. The van der Waals surface area contributed by atoms with Crippen molar-refractivity contribution in [2.45, 2.75) is 31.6 Å². The van der Waals surface area contributed by atoms with Crippen molar-refractivity contribution < 1.29 is 4.79 Å². The Labute approximate surface area is 184 Å². The van der Waals surface area contributed by atoms with Crippen molar-refractivity contribution in [1.82, 2.24) is 5.32 Å². The number of carbonyl (C=O) groups excluding carboxylic acids is 1. The fourth-order valence-electron chi connectivity index (χ4n) is 4.20. The second-order valence-electron chi connectivity index (χ2n) is 7.35. The van der Waals surface area contributed by atoms with Gasteiger partial charge in [-0.3, -0.25) is 4.79 Å². The third kappa shape index (κ3) is 3.69. The van der Waals surface area contributed by atoms with Gasteiger partial charge in [0.2, 0.25) is 0 Å². The summed E-state index contributed by atoms with van der Waals surface area (Å²) in [6.07, 6.45) is 1.06. The molecule has 0 aromatic heterocycles. The highest BCUT2D eigenvalue weighted by Gasteiger charge is 2.39. The molecular weight excluding hydrogens is 427 g/mol. The smallest absolute Gasteiger partial charge is 0.162 e. The first-order chi connectivity index (χ1) is 13.9. The van der Waals surface area contributed by atoms with Gasteiger partial charge in [0.15, 0.2) is 5.78 Å². The van der Waals surface area contributed by atoms with Gasteiger partial charge in [-0.25, -0.2) is 0 Å². The van der Waals surface area contributed by atoms with E-state index in [1.807, 2.05) is 31.2 Å². The van der Waals surface area contributed by atoms with Crippen LogP contribution in [0.3, 0.4) is 0 Å². The maximum atomic E-state index is 13.3. The van der Waals surface area contributed by atoms with Crippen LogP contribution in [-0.4, -0.2) is 5.78 Å². The molecule has 2 aliphatic rings. The predicted octanol–water partition coefficient (Wildman–Crippen LogP) is 6.53. The number of dihydropyridines is 1. The molecule has 4 rings (SSSR count). The first-order valence-corrected chi connectivity index (χ1v) is 10.4. The normalized spacial score (nSPS) is 21.6. The number of carbonyl (C=O) groups is 1. The molecule has 29 heavy (non-hydrogen) atoms. The van der Waals surface area contributed by atoms with Gasteiger partial charge < -0.3 is 5.32 Å². The molecule has 1 heterocycles. The van der Waals surface area contributed by atoms with E-state index in [0.29, 0.717) is 39.1 Å². The van der Waals surface area contributed by atoms with Gasteiger partial charge >= 0.3 is 0 Å². The van der Waals surface area contributed by atoms with E-state index in [9.17, 15) is 10.1 Å². The fourth-order valence-corrected chi connectivity index (χ4v) is 4.85. The lowest BCUT2D eigenvalue weighted by Crippen LogP contribution is -2.33. The topological polar surface area (TPSA) is 52.9 Å². The van der Waals surface area contributed by atoms with Crippen LogP contribution < -0.4 is 5.32 Å². The van der Waals surface area contributed by atoms with Crippen molar-refractivity contribution in [2.75, 3.05) is 0 Å². The molecule has 0 unspecified atom stereocenters. The van der Waals surface area contributed by atoms with Gasteiger partial charge in [0.1, 0.15) is 0 Å². The van der Waals surface area contributed by atoms with E-state index in [0.717, 1.165) is 22.5 Å². The Kier molecular flexibility index (Phi) is 5.44. The van der Waals surface area contributed by atoms with Gasteiger partial charge in [0.25, 0.3) is 0 Å². The largest absolute Gasteiger partial charge is 0.361 e. The maximum absolute atomic E-state index is 13.3. The van der Waals surface area contributed by atoms with Gasteiger partial charge in [-0.15, -0.1) is 0 Å². The van der Waals surface area contributed by atoms with Crippen molar-refractivity contribution in [3.05, 3.63) is 91.2 Å². The van der Waals surface area contributed by atoms with Crippen molar-refractivity contribution >= 4 is 40.6 Å². The zero-order valence-electron chi connectivity index (χ0n) is 15.6. The van der Waals surface area contributed by atoms with E-state index in [-0.39, 0.29) is 11.7 Å². The number of hydrogen-bond acceptors (Lipinski definition) is 3. The molecule has 2 aromatic rings. The number of benzene rings is 2. The van der Waals surface area contributed by atoms with E-state index < -0.39 is 5.92 Å². The lowest BCUT2D eigenvalue weighted by molar-refractivity contribution is -0.116. The summed E-state index contributed by atoms with van der Waals surface area (Å²) in [5.41, 5.74) is 4.53. The summed E-state index contributed by atoms with van der Waals surface area (Å²) >= 11 is 18.5. The molecule has 0 radical (unpaired) electrons. The minimum absolute atomic E-state index is 0.0231. The Morgan fingerprint density at radius 1 is 1.03 bits per heavy atom. The van der Waals surface area contributed by atoms with Crippen LogP contribution in [0.2, 0.25) is 15.1 Å². The molecule has 146 valence electrons. The van der Waals surface area contributed by atoms with Crippen molar-refractivity contribution in [2.24, 2.45) is 0 Å². The lowest BCUT2D eigenvalue weighted by atomic mass is 9.72. The molecule has 0 amide bonds. The first-order valence-electron chi connectivity index (χ1n) is 9.23. The van der Waals surface area contributed by atoms with Crippen molar-refractivity contribution in [3.8, 4) is 6.07 Å². The summed E-state index contributed by atoms with van der Waals surface area (Å²) in [5, 5.41) is 14.7. The number of hydrogen-bond donors (Lipinski definition) is 1. The number of allylic oxidation sites excluding steroid dienone is 4. The molecule has 0 saturated heterocycles. The molecule has 1 aliphatic carbocycles. The van der Waals surface area contributed by atoms with Crippen molar-refractivity contribution in [1.29, 1.82) is 5.26 Å². The van der Waals surface area contributed by atoms with E-state index in [2.05, 4.69) is 11.4 Å². The zero-order chi connectivity index (χ0) is 20.7. The van der Waals surface area contributed by atoms with Crippen LogP contribution in [0.4, 0.5) is 0 Å². The quantitative estimate of drug-likeness (QED) is 0.574. The number of rotatable bonds is 2. The molecular formula is C23H17Cl3N2O. The van der Waals surface area contributed by atoms with E-state index in [1.165, 1.54) is 0 Å². The fraction of sp³-hybridized carbons (Fsp3) is 0.217. The van der Waals surface area contributed by atoms with E-state index >= 15 is 0 Å². The Morgan fingerprint density at radius 2 is 1.72 bits per heavy atom. The average molecular weight is 444 g/mol. The molecule has 1 aliphatic heterocycles. The second-order valence-corrected chi connectivity index (χ2v) is 8.63. The number of nitrogens with one attached hydrogen (secondary N) is 1. The molecule has 0 bridgehead atoms. The van der Waals surface area contributed by atoms with Crippen LogP contribution >= 0.6 is 34.8 Å². The number of ketones is 1. The second kappa shape index (κ2) is 7.88. The van der Waals surface area contributed by atoms with E-state index in [4.69, 9.17) is 34.8 Å². The minimum atomic E-state index is -0.486. The van der Waals surface area contributed by atoms with Crippen LogP contribution in [0.1, 0.15) is 42.7 Å². The molecule has 3 nitrogen and oxygen atoms in total. The van der Waals surface area contributed by atoms with Gasteiger partial charge in [-0.05, 0) is 54.7 Å². The van der Waals surface area contributed by atoms with E-state index in [1.54, 1.807) is 18.2 Å². The van der Waals surface area contributed by atoms with Gasteiger partial charge in [-0.2, -0.15) is 5.26 Å². The van der Waals surface area contributed by atoms with Crippen LogP contribution in [0.5, 0.6) is 0 Å². The molecule has 0 fully saturated rings. The van der Waals surface area contributed by atoms with Crippen LogP contribution in [0.25, 0.3) is 0 Å². The molecule has 6 heteroatoms. The predicted molar refractivity (Wildman–Crippen MR) is 116 cm³/mol. The molecule has 0 spiro atoms. The summed E-state index contributed by atoms with van der Waals surface area (Å²) in [4.78, 5) is 13.3. The summed E-state index contributed by atoms with van der Waals surface area (Å²) in [6.45, 7) is 1.86. The van der Waals surface area contributed by atoms with Crippen LogP contribution in [-0.2, 0) is 4.79 Å². The van der Waals surface area contributed by atoms with Gasteiger partial charge in [0.05, 0.1) is 17.6 Å². The summed E-state index contributed by atoms with van der Waals surface area (Å²) < 4.78 is 0. The van der Waals surface area contributed by atoms with Crippen LogP contribution in [0.15, 0.2) is 65.0 Å². The van der Waals surface area contributed by atoms with Crippen molar-refractivity contribution in [3.63, 3.8) is 0 Å². The van der Waals surface area contributed by atoms with Gasteiger partial charge in [-0.1, -0.05) is 53.0 Å². The number of nitrogens with zero attached hydrogens (tertiary/aromatic N) is 1. The third-order valence-corrected chi connectivity index (χ3v) is 6.38. The highest BCUT2D eigenvalue weighted by atomic mass is 35.5. The molecule has 1 N–H and O–H groups in total. The Bertz CT molecular complexity index is 1110. The highest BCUT2D eigenvalue weighted by Crippen LogP contribution is 2.46.